The van der Waals surface area contributed by atoms with Gasteiger partial charge in [0.15, 0.2) is 0 Å². The summed E-state index contributed by atoms with van der Waals surface area (Å²) in [5.74, 6) is 0.991. The summed E-state index contributed by atoms with van der Waals surface area (Å²) in [6, 6.07) is 5.41. The van der Waals surface area contributed by atoms with E-state index in [1.165, 1.54) is 6.20 Å². The summed E-state index contributed by atoms with van der Waals surface area (Å²) in [6.07, 6.45) is 3.15. The molecule has 21 heavy (non-hydrogen) atoms. The van der Waals surface area contributed by atoms with Gasteiger partial charge in [-0.05, 0) is 45.9 Å². The van der Waals surface area contributed by atoms with Gasteiger partial charge < -0.3 is 9.73 Å². The maximum absolute atomic E-state index is 8.73. The van der Waals surface area contributed by atoms with Crippen molar-refractivity contribution in [1.82, 2.24) is 20.5 Å². The summed E-state index contributed by atoms with van der Waals surface area (Å²) >= 11 is 0. The highest BCUT2D eigenvalue weighted by Gasteiger charge is 2.11. The van der Waals surface area contributed by atoms with E-state index in [9.17, 15) is 0 Å². The van der Waals surface area contributed by atoms with Crippen LogP contribution < -0.4 is 5.32 Å². The second-order valence-electron chi connectivity index (χ2n) is 5.83. The first-order valence-electron chi connectivity index (χ1n) is 6.92. The summed E-state index contributed by atoms with van der Waals surface area (Å²) in [6.45, 7) is 7.30. The number of nitriles is 1. The predicted molar refractivity (Wildman–Crippen MR) is 78.3 cm³/mol. The van der Waals surface area contributed by atoms with E-state index in [1.54, 1.807) is 12.1 Å². The molecule has 0 fully saturated rings. The van der Waals surface area contributed by atoms with Crippen molar-refractivity contribution in [3.63, 3.8) is 0 Å². The third-order valence-corrected chi connectivity index (χ3v) is 2.80. The van der Waals surface area contributed by atoms with Gasteiger partial charge in [0, 0.05) is 18.2 Å². The Morgan fingerprint density at radius 3 is 2.71 bits per heavy atom. The van der Waals surface area contributed by atoms with Crippen LogP contribution in [0.25, 0.3) is 11.6 Å². The lowest BCUT2D eigenvalue weighted by Crippen LogP contribution is -2.36. The Kier molecular flexibility index (Phi) is 4.66. The third kappa shape index (κ3) is 4.65. The van der Waals surface area contributed by atoms with Crippen molar-refractivity contribution in [3.8, 4) is 17.7 Å². The first kappa shape index (κ1) is 15.1. The molecule has 0 atom stereocenters. The average molecular weight is 285 g/mol. The Hall–Kier alpha value is -2.26. The van der Waals surface area contributed by atoms with Gasteiger partial charge in [-0.2, -0.15) is 5.26 Å². The number of aromatic nitrogens is 3. The molecule has 110 valence electrons. The van der Waals surface area contributed by atoms with Crippen LogP contribution in [0.2, 0.25) is 0 Å². The number of pyridine rings is 1. The summed E-state index contributed by atoms with van der Waals surface area (Å²) in [5, 5.41) is 20.2. The van der Waals surface area contributed by atoms with Crippen molar-refractivity contribution in [2.24, 2.45) is 0 Å². The van der Waals surface area contributed by atoms with Gasteiger partial charge in [-0.25, -0.2) is 4.98 Å². The van der Waals surface area contributed by atoms with Gasteiger partial charge in [-0.15, -0.1) is 10.2 Å². The topological polar surface area (TPSA) is 87.6 Å². The Labute approximate surface area is 124 Å². The fourth-order valence-electron chi connectivity index (χ4n) is 1.75. The molecule has 0 amide bonds. The molecule has 0 saturated carbocycles. The third-order valence-electron chi connectivity index (χ3n) is 2.80. The van der Waals surface area contributed by atoms with Crippen LogP contribution in [0.15, 0.2) is 22.7 Å². The van der Waals surface area contributed by atoms with E-state index in [1.807, 2.05) is 6.07 Å². The number of hydrogen-bond acceptors (Lipinski definition) is 6. The van der Waals surface area contributed by atoms with Crippen molar-refractivity contribution in [3.05, 3.63) is 29.8 Å². The average Bonchev–Trinajstić information content (AvgIpc) is 2.91. The summed E-state index contributed by atoms with van der Waals surface area (Å²) in [5.41, 5.74) is 1.21. The normalized spacial score (nSPS) is 11.3. The van der Waals surface area contributed by atoms with E-state index in [0.29, 0.717) is 23.0 Å². The largest absolute Gasteiger partial charge is 0.419 e. The van der Waals surface area contributed by atoms with Crippen LogP contribution in [-0.4, -0.2) is 27.3 Å². The Morgan fingerprint density at radius 1 is 1.29 bits per heavy atom. The monoisotopic (exact) mass is 285 g/mol. The van der Waals surface area contributed by atoms with Crippen LogP contribution in [0.1, 0.15) is 38.6 Å². The van der Waals surface area contributed by atoms with Crippen LogP contribution in [-0.2, 0) is 6.42 Å². The maximum atomic E-state index is 8.73. The minimum absolute atomic E-state index is 0.117. The molecular weight excluding hydrogens is 266 g/mol. The molecule has 0 saturated heterocycles. The van der Waals surface area contributed by atoms with Gasteiger partial charge in [-0.1, -0.05) is 0 Å². The van der Waals surface area contributed by atoms with Crippen molar-refractivity contribution < 1.29 is 4.42 Å². The molecule has 1 N–H and O–H groups in total. The predicted octanol–water partition coefficient (Wildman–Crippen LogP) is 2.32. The van der Waals surface area contributed by atoms with E-state index in [2.05, 4.69) is 41.3 Å². The first-order chi connectivity index (χ1) is 9.98. The minimum atomic E-state index is 0.117. The van der Waals surface area contributed by atoms with Gasteiger partial charge in [0.1, 0.15) is 11.8 Å². The minimum Gasteiger partial charge on any atom is -0.419 e. The fraction of sp³-hybridized carbons (Fsp3) is 0.467. The van der Waals surface area contributed by atoms with Crippen LogP contribution in [0, 0.1) is 11.3 Å². The Bertz CT molecular complexity index is 619. The first-order valence-corrected chi connectivity index (χ1v) is 6.92. The molecule has 6 nitrogen and oxygen atoms in total. The molecule has 2 rings (SSSR count). The van der Waals surface area contributed by atoms with E-state index >= 15 is 0 Å². The highest BCUT2D eigenvalue weighted by molar-refractivity contribution is 5.47. The number of nitrogens with one attached hydrogen (secondary N) is 1. The molecule has 2 aromatic rings. The van der Waals surface area contributed by atoms with Gasteiger partial charge in [-0.3, -0.25) is 0 Å². The zero-order valence-corrected chi connectivity index (χ0v) is 12.6. The molecule has 0 unspecified atom stereocenters. The summed E-state index contributed by atoms with van der Waals surface area (Å²) < 4.78 is 5.58. The Balaban J connectivity index is 1.90. The standard InChI is InChI=1S/C15H19N5O/c1-15(2,3)18-8-4-5-13-19-20-14(21-13)12-7-6-11(9-16)10-17-12/h6-7,10,18H,4-5,8H2,1-3H3. The second-order valence-corrected chi connectivity index (χ2v) is 5.83. The van der Waals surface area contributed by atoms with Gasteiger partial charge in [0.05, 0.1) is 5.56 Å². The SMILES string of the molecule is CC(C)(C)NCCCc1nnc(-c2ccc(C#N)cn2)o1. The number of hydrogen-bond donors (Lipinski definition) is 1. The lowest BCUT2D eigenvalue weighted by Gasteiger charge is -2.19. The van der Waals surface area contributed by atoms with Gasteiger partial charge in [0.25, 0.3) is 5.89 Å². The van der Waals surface area contributed by atoms with Crippen molar-refractivity contribution in [2.75, 3.05) is 6.54 Å². The zero-order valence-electron chi connectivity index (χ0n) is 12.6. The lowest BCUT2D eigenvalue weighted by atomic mass is 10.1. The van der Waals surface area contributed by atoms with E-state index in [4.69, 9.17) is 9.68 Å². The number of aryl methyl sites for hydroxylation is 1. The van der Waals surface area contributed by atoms with E-state index in [0.717, 1.165) is 19.4 Å². The zero-order chi connectivity index (χ0) is 15.3. The summed E-state index contributed by atoms with van der Waals surface area (Å²) in [4.78, 5) is 4.13. The highest BCUT2D eigenvalue weighted by atomic mass is 16.4. The van der Waals surface area contributed by atoms with Crippen LogP contribution in [0.3, 0.4) is 0 Å². The molecule has 0 radical (unpaired) electrons. The van der Waals surface area contributed by atoms with Crippen LogP contribution in [0.5, 0.6) is 0 Å². The maximum Gasteiger partial charge on any atom is 0.266 e. The lowest BCUT2D eigenvalue weighted by molar-refractivity contribution is 0.412. The van der Waals surface area contributed by atoms with Gasteiger partial charge >= 0.3 is 0 Å². The molecule has 6 heteroatoms. The second kappa shape index (κ2) is 6.46. The molecule has 0 aliphatic carbocycles. The van der Waals surface area contributed by atoms with Crippen LogP contribution in [0.4, 0.5) is 0 Å². The van der Waals surface area contributed by atoms with E-state index < -0.39 is 0 Å². The molecule has 0 aliphatic rings. The van der Waals surface area contributed by atoms with Crippen LogP contribution >= 0.6 is 0 Å². The molecule has 0 bridgehead atoms. The molecule has 0 spiro atoms. The van der Waals surface area contributed by atoms with Crippen molar-refractivity contribution >= 4 is 0 Å². The molecule has 0 aromatic carbocycles. The molecule has 2 heterocycles. The molecule has 0 aliphatic heterocycles. The van der Waals surface area contributed by atoms with Crippen molar-refractivity contribution in [2.45, 2.75) is 39.2 Å². The number of rotatable bonds is 5. The number of nitrogens with zero attached hydrogens (tertiary/aromatic N) is 4. The van der Waals surface area contributed by atoms with E-state index in [-0.39, 0.29) is 5.54 Å². The smallest absolute Gasteiger partial charge is 0.266 e. The van der Waals surface area contributed by atoms with Crippen molar-refractivity contribution in [1.29, 1.82) is 5.26 Å². The Morgan fingerprint density at radius 2 is 2.10 bits per heavy atom. The molecule has 2 aromatic heterocycles. The fourth-order valence-corrected chi connectivity index (χ4v) is 1.75. The highest BCUT2D eigenvalue weighted by Crippen LogP contribution is 2.16. The quantitative estimate of drug-likeness (QED) is 0.848. The molecular formula is C15H19N5O. The van der Waals surface area contributed by atoms with Gasteiger partial charge in [0.2, 0.25) is 5.89 Å². The summed E-state index contributed by atoms with van der Waals surface area (Å²) in [7, 11) is 0.